The van der Waals surface area contributed by atoms with Crippen LogP contribution in [0.25, 0.3) is 11.2 Å². The van der Waals surface area contributed by atoms with Gasteiger partial charge in [-0.05, 0) is 53.1 Å². The van der Waals surface area contributed by atoms with E-state index in [1.165, 1.54) is 17.2 Å². The summed E-state index contributed by atoms with van der Waals surface area (Å²) in [5.74, 6) is 0.977. The Labute approximate surface area is 304 Å². The second-order valence-corrected chi connectivity index (χ2v) is 12.7. The van der Waals surface area contributed by atoms with Crippen LogP contribution in [0.2, 0.25) is 0 Å². The molecule has 1 aliphatic rings. The lowest BCUT2D eigenvalue weighted by Crippen LogP contribution is -2.39. The Morgan fingerprint density at radius 2 is 1.43 bits per heavy atom. The molecule has 2 aromatic heterocycles. The number of aromatic nitrogens is 4. The number of benzene rings is 4. The average Bonchev–Trinajstić information content (AvgIpc) is 3.76. The van der Waals surface area contributed by atoms with E-state index in [-0.39, 0.29) is 23.6 Å². The summed E-state index contributed by atoms with van der Waals surface area (Å²) in [5, 5.41) is 2.73. The van der Waals surface area contributed by atoms with E-state index in [4.69, 9.17) is 23.5 Å². The van der Waals surface area contributed by atoms with E-state index in [1.807, 2.05) is 78.9 Å². The number of hydrogen-bond donors (Lipinski definition) is 3. The molecule has 4 aromatic carbocycles. The predicted molar refractivity (Wildman–Crippen MR) is 193 cm³/mol. The largest absolute Gasteiger partial charge is 0.497 e. The molecule has 3 N–H and O–H groups in total. The van der Waals surface area contributed by atoms with Crippen LogP contribution in [0.4, 0.5) is 10.2 Å². The lowest BCUT2D eigenvalue weighted by atomic mass is 9.80. The number of imidazole rings is 1. The Morgan fingerprint density at radius 1 is 0.849 bits per heavy atom. The molecule has 4 atom stereocenters. The van der Waals surface area contributed by atoms with E-state index in [0.717, 1.165) is 16.7 Å². The summed E-state index contributed by atoms with van der Waals surface area (Å²) >= 11 is 0. The zero-order valence-corrected chi connectivity index (χ0v) is 29.4. The molecular formula is C38H35FN5O8P. The highest BCUT2D eigenvalue weighted by atomic mass is 31.2. The normalized spacial score (nSPS) is 18.7. The Hall–Kier alpha value is -5.34. The minimum atomic E-state index is -3.00. The second-order valence-electron chi connectivity index (χ2n) is 12.0. The number of halogens is 1. The third-order valence-corrected chi connectivity index (χ3v) is 9.45. The summed E-state index contributed by atoms with van der Waals surface area (Å²) in [7, 11) is 0.161. The number of alkyl halides is 1. The van der Waals surface area contributed by atoms with E-state index in [9.17, 15) is 14.6 Å². The lowest BCUT2D eigenvalue weighted by Gasteiger charge is -2.37. The molecule has 1 saturated heterocycles. The minimum Gasteiger partial charge on any atom is -0.497 e. The fraction of sp³-hybridized carbons (Fsp3) is 0.211. The summed E-state index contributed by atoms with van der Waals surface area (Å²) in [6.07, 6.45) is -3.41. The first-order valence-corrected chi connectivity index (χ1v) is 17.7. The van der Waals surface area contributed by atoms with Gasteiger partial charge in [0.15, 0.2) is 29.4 Å². The molecular weight excluding hydrogens is 704 g/mol. The average molecular weight is 740 g/mol. The summed E-state index contributed by atoms with van der Waals surface area (Å²) in [5.41, 5.74) is 1.71. The smallest absolute Gasteiger partial charge is 0.327 e. The van der Waals surface area contributed by atoms with Crippen molar-refractivity contribution in [3.05, 3.63) is 144 Å². The van der Waals surface area contributed by atoms with Crippen LogP contribution in [0.3, 0.4) is 0 Å². The first-order chi connectivity index (χ1) is 25.8. The van der Waals surface area contributed by atoms with Gasteiger partial charge in [0.25, 0.3) is 5.91 Å². The zero-order chi connectivity index (χ0) is 37.0. The number of rotatable bonds is 13. The van der Waals surface area contributed by atoms with Crippen molar-refractivity contribution in [1.82, 2.24) is 19.5 Å². The lowest BCUT2D eigenvalue weighted by molar-refractivity contribution is -0.0917. The molecule has 53 heavy (non-hydrogen) atoms. The monoisotopic (exact) mass is 739 g/mol. The van der Waals surface area contributed by atoms with Gasteiger partial charge in [-0.25, -0.2) is 19.3 Å². The number of carbonyl (C=O) groups excluding carboxylic acids is 1. The van der Waals surface area contributed by atoms with Gasteiger partial charge >= 0.3 is 8.60 Å². The quantitative estimate of drug-likeness (QED) is 0.0951. The molecule has 0 saturated carbocycles. The van der Waals surface area contributed by atoms with Crippen molar-refractivity contribution in [2.45, 2.75) is 30.2 Å². The van der Waals surface area contributed by atoms with Crippen LogP contribution in [-0.2, 0) is 19.6 Å². The van der Waals surface area contributed by atoms with Gasteiger partial charge in [0.2, 0.25) is 0 Å². The summed E-state index contributed by atoms with van der Waals surface area (Å²) < 4.78 is 47.4. The molecule has 3 heterocycles. The van der Waals surface area contributed by atoms with Gasteiger partial charge < -0.3 is 38.6 Å². The van der Waals surface area contributed by atoms with E-state index in [0.29, 0.717) is 17.1 Å². The van der Waals surface area contributed by atoms with Crippen LogP contribution >= 0.6 is 8.60 Å². The molecule has 0 bridgehead atoms. The maximum absolute atomic E-state index is 16.5. The van der Waals surface area contributed by atoms with Crippen molar-refractivity contribution in [3.8, 4) is 11.5 Å². The molecule has 15 heteroatoms. The molecule has 1 aliphatic heterocycles. The van der Waals surface area contributed by atoms with Crippen molar-refractivity contribution < 1.29 is 42.4 Å². The molecule has 7 rings (SSSR count). The van der Waals surface area contributed by atoms with Gasteiger partial charge in [0.05, 0.1) is 27.2 Å². The molecule has 0 aliphatic carbocycles. The van der Waals surface area contributed by atoms with E-state index >= 15 is 4.39 Å². The fourth-order valence-corrected chi connectivity index (χ4v) is 6.94. The molecule has 1 amide bonds. The number of methoxy groups -OCH3 is 2. The predicted octanol–water partition coefficient (Wildman–Crippen LogP) is 5.94. The third-order valence-electron chi connectivity index (χ3n) is 9.02. The van der Waals surface area contributed by atoms with Gasteiger partial charge in [-0.15, -0.1) is 0 Å². The first kappa shape index (κ1) is 36.0. The SMILES string of the molecule is COc1ccc(C(OC[C@H]2O[C@@H](n3cnc4c(NC(=O)c5ccccc5)ncnc43)[C@H](F)[C@@H]2OP(O)O)(c2ccccc2)c2ccc(OC)cc2)cc1. The van der Waals surface area contributed by atoms with Crippen molar-refractivity contribution in [2.75, 3.05) is 26.1 Å². The van der Waals surface area contributed by atoms with Gasteiger partial charge in [-0.1, -0.05) is 72.8 Å². The van der Waals surface area contributed by atoms with Crippen LogP contribution in [-0.4, -0.2) is 74.4 Å². The van der Waals surface area contributed by atoms with E-state index in [1.54, 1.807) is 44.6 Å². The van der Waals surface area contributed by atoms with Crippen LogP contribution in [0.5, 0.6) is 11.5 Å². The Kier molecular flexibility index (Phi) is 10.7. The standard InChI is InChI=1S/C38H35FN5O8P/c1-48-28-17-13-26(14-18-28)38(25-11-7-4-8-12-25,27-15-19-29(49-2)20-16-27)50-21-30-33(52-53(46)47)31(39)37(51-30)44-23-42-32-34(40-22-41-35(32)44)43-36(45)24-9-5-3-6-10-24/h3-20,22-23,30-31,33,37,46-47H,21H2,1-2H3,(H,40,41,43,45)/t30-,31-,33-,37-/m1/s1. The Balaban J connectivity index is 1.24. The molecule has 272 valence electrons. The first-order valence-electron chi connectivity index (χ1n) is 16.5. The number of nitrogens with one attached hydrogen (secondary N) is 1. The molecule has 0 radical (unpaired) electrons. The number of anilines is 1. The van der Waals surface area contributed by atoms with Gasteiger partial charge in [0.1, 0.15) is 35.6 Å². The van der Waals surface area contributed by atoms with Crippen molar-refractivity contribution >= 4 is 31.5 Å². The maximum Gasteiger partial charge on any atom is 0.327 e. The highest BCUT2D eigenvalue weighted by molar-refractivity contribution is 7.39. The van der Waals surface area contributed by atoms with Crippen LogP contribution in [0.1, 0.15) is 33.3 Å². The number of nitrogens with zero attached hydrogens (tertiary/aromatic N) is 4. The number of amides is 1. The minimum absolute atomic E-state index is 0.115. The van der Waals surface area contributed by atoms with Crippen LogP contribution < -0.4 is 14.8 Å². The second kappa shape index (κ2) is 15.7. The number of hydrogen-bond acceptors (Lipinski definition) is 11. The topological polar surface area (TPSA) is 159 Å². The van der Waals surface area contributed by atoms with Gasteiger partial charge in [-0.2, -0.15) is 0 Å². The number of fused-ring (bicyclic) bond motifs is 1. The van der Waals surface area contributed by atoms with Gasteiger partial charge in [0, 0.05) is 5.56 Å². The molecule has 6 aromatic rings. The Bertz CT molecular complexity index is 2090. The molecule has 0 unspecified atom stereocenters. The summed E-state index contributed by atoms with van der Waals surface area (Å²) in [4.78, 5) is 45.7. The number of ether oxygens (including phenoxy) is 4. The van der Waals surface area contributed by atoms with Crippen molar-refractivity contribution in [3.63, 3.8) is 0 Å². The van der Waals surface area contributed by atoms with Crippen LogP contribution in [0, 0.1) is 0 Å². The summed E-state index contributed by atoms with van der Waals surface area (Å²) in [6, 6.07) is 32.9. The Morgan fingerprint density at radius 3 is 2.02 bits per heavy atom. The zero-order valence-electron chi connectivity index (χ0n) is 28.5. The van der Waals surface area contributed by atoms with E-state index in [2.05, 4.69) is 20.3 Å². The molecule has 13 nitrogen and oxygen atoms in total. The molecule has 0 spiro atoms. The third kappa shape index (κ3) is 7.20. The maximum atomic E-state index is 16.5. The summed E-state index contributed by atoms with van der Waals surface area (Å²) in [6.45, 7) is -0.266. The molecule has 1 fully saturated rings. The van der Waals surface area contributed by atoms with E-state index < -0.39 is 44.7 Å². The van der Waals surface area contributed by atoms with Gasteiger partial charge in [-0.3, -0.25) is 9.36 Å². The highest BCUT2D eigenvalue weighted by Crippen LogP contribution is 2.45. The van der Waals surface area contributed by atoms with Crippen LogP contribution in [0.15, 0.2) is 122 Å². The van der Waals surface area contributed by atoms with Crippen molar-refractivity contribution in [2.24, 2.45) is 0 Å². The van der Waals surface area contributed by atoms with Crippen molar-refractivity contribution in [1.29, 1.82) is 0 Å². The number of carbonyl (C=O) groups is 1. The highest BCUT2D eigenvalue weighted by Gasteiger charge is 2.50. The fourth-order valence-electron chi connectivity index (χ4n) is 6.47.